The number of nitrogens with zero attached hydrogens (tertiary/aromatic N) is 2. The second-order valence-electron chi connectivity index (χ2n) is 4.13. The zero-order valence-electron chi connectivity index (χ0n) is 9.68. The summed E-state index contributed by atoms with van der Waals surface area (Å²) in [6, 6.07) is 4.27. The lowest BCUT2D eigenvalue weighted by Crippen LogP contribution is -2.14. The van der Waals surface area contributed by atoms with Crippen LogP contribution in [-0.2, 0) is 6.54 Å². The quantitative estimate of drug-likeness (QED) is 0.885. The maximum absolute atomic E-state index is 5.60. The molecule has 0 atom stereocenters. The van der Waals surface area contributed by atoms with Crippen molar-refractivity contribution < 1.29 is 0 Å². The van der Waals surface area contributed by atoms with Crippen molar-refractivity contribution in [1.82, 2.24) is 9.78 Å². The van der Waals surface area contributed by atoms with Crippen LogP contribution in [0.4, 0.5) is 0 Å². The molecule has 0 unspecified atom stereocenters. The maximum Gasteiger partial charge on any atom is 0.0934 e. The van der Waals surface area contributed by atoms with Crippen molar-refractivity contribution in [3.8, 4) is 11.3 Å². The highest BCUT2D eigenvalue weighted by Crippen LogP contribution is 2.25. The Kier molecular flexibility index (Phi) is 3.41. The van der Waals surface area contributed by atoms with E-state index in [-0.39, 0.29) is 0 Å². The van der Waals surface area contributed by atoms with E-state index in [9.17, 15) is 0 Å². The van der Waals surface area contributed by atoms with Gasteiger partial charge >= 0.3 is 0 Å². The Labute approximate surface area is 99.9 Å². The van der Waals surface area contributed by atoms with E-state index in [1.807, 2.05) is 4.68 Å². The highest BCUT2D eigenvalue weighted by atomic mass is 32.1. The van der Waals surface area contributed by atoms with Gasteiger partial charge in [0.15, 0.2) is 0 Å². The second kappa shape index (κ2) is 4.80. The van der Waals surface area contributed by atoms with Gasteiger partial charge in [0, 0.05) is 23.2 Å². The van der Waals surface area contributed by atoms with Gasteiger partial charge in [-0.3, -0.25) is 4.68 Å². The molecule has 3 nitrogen and oxygen atoms in total. The molecule has 2 heterocycles. The Morgan fingerprint density at radius 1 is 1.50 bits per heavy atom. The number of aromatic nitrogens is 2. The van der Waals surface area contributed by atoms with Gasteiger partial charge in [-0.2, -0.15) is 16.4 Å². The van der Waals surface area contributed by atoms with Crippen LogP contribution in [0.15, 0.2) is 22.9 Å². The summed E-state index contributed by atoms with van der Waals surface area (Å²) in [6.45, 7) is 5.78. The summed E-state index contributed by atoms with van der Waals surface area (Å²) in [6.07, 6.45) is 0. The summed E-state index contributed by atoms with van der Waals surface area (Å²) >= 11 is 1.70. The molecule has 0 bridgehead atoms. The van der Waals surface area contributed by atoms with Crippen molar-refractivity contribution in [3.05, 3.63) is 28.6 Å². The second-order valence-corrected chi connectivity index (χ2v) is 4.91. The first-order valence-electron chi connectivity index (χ1n) is 5.52. The molecule has 16 heavy (non-hydrogen) atoms. The van der Waals surface area contributed by atoms with Gasteiger partial charge in [-0.15, -0.1) is 0 Å². The minimum absolute atomic E-state index is 0.478. The van der Waals surface area contributed by atoms with E-state index in [2.05, 4.69) is 41.8 Å². The zero-order valence-corrected chi connectivity index (χ0v) is 10.5. The molecule has 0 spiro atoms. The van der Waals surface area contributed by atoms with Crippen LogP contribution in [0.3, 0.4) is 0 Å². The smallest absolute Gasteiger partial charge is 0.0934 e. The van der Waals surface area contributed by atoms with Crippen LogP contribution in [0.25, 0.3) is 11.3 Å². The molecule has 4 heteroatoms. The number of hydrogen-bond donors (Lipinski definition) is 1. The molecule has 2 rings (SSSR count). The zero-order chi connectivity index (χ0) is 11.5. The van der Waals surface area contributed by atoms with Crippen molar-refractivity contribution in [2.45, 2.75) is 26.3 Å². The Bertz CT molecular complexity index is 443. The van der Waals surface area contributed by atoms with Crippen molar-refractivity contribution in [3.63, 3.8) is 0 Å². The summed E-state index contributed by atoms with van der Waals surface area (Å²) in [5.41, 5.74) is 9.11. The molecule has 0 amide bonds. The standard InChI is InChI=1S/C12H17N3S/c1-9(2)12-7-11(10-3-6-16-8-10)14-15(12)5-4-13/h3,6-9H,4-5,13H2,1-2H3. The fraction of sp³-hybridized carbons (Fsp3) is 0.417. The molecule has 0 aliphatic heterocycles. The van der Waals surface area contributed by atoms with Crippen molar-refractivity contribution in [2.24, 2.45) is 5.73 Å². The van der Waals surface area contributed by atoms with Gasteiger partial charge in [-0.25, -0.2) is 0 Å². The van der Waals surface area contributed by atoms with Gasteiger partial charge in [0.2, 0.25) is 0 Å². The lowest BCUT2D eigenvalue weighted by Gasteiger charge is -2.07. The van der Waals surface area contributed by atoms with Crippen LogP contribution in [0, 0.1) is 0 Å². The molecule has 0 fully saturated rings. The molecule has 2 aromatic rings. The third-order valence-corrected chi connectivity index (χ3v) is 3.24. The Morgan fingerprint density at radius 3 is 2.88 bits per heavy atom. The Hall–Kier alpha value is -1.13. The summed E-state index contributed by atoms with van der Waals surface area (Å²) in [4.78, 5) is 0. The average Bonchev–Trinajstić information content (AvgIpc) is 2.83. The molecular weight excluding hydrogens is 218 g/mol. The third kappa shape index (κ3) is 2.18. The first kappa shape index (κ1) is 11.4. The van der Waals surface area contributed by atoms with Crippen LogP contribution in [0.2, 0.25) is 0 Å². The van der Waals surface area contributed by atoms with Crippen LogP contribution < -0.4 is 5.73 Å². The largest absolute Gasteiger partial charge is 0.329 e. The molecule has 0 radical (unpaired) electrons. The summed E-state index contributed by atoms with van der Waals surface area (Å²) in [5, 5.41) is 8.81. The van der Waals surface area contributed by atoms with Gasteiger partial charge in [0.25, 0.3) is 0 Å². The number of hydrogen-bond acceptors (Lipinski definition) is 3. The highest BCUT2D eigenvalue weighted by Gasteiger charge is 2.11. The van der Waals surface area contributed by atoms with Gasteiger partial charge in [0.1, 0.15) is 0 Å². The first-order chi connectivity index (χ1) is 7.72. The fourth-order valence-electron chi connectivity index (χ4n) is 1.75. The molecule has 86 valence electrons. The van der Waals surface area contributed by atoms with E-state index >= 15 is 0 Å². The average molecular weight is 235 g/mol. The molecule has 0 aromatic carbocycles. The third-order valence-electron chi connectivity index (χ3n) is 2.56. The summed E-state index contributed by atoms with van der Waals surface area (Å²) < 4.78 is 2.03. The SMILES string of the molecule is CC(C)c1cc(-c2ccsc2)nn1CCN. The lowest BCUT2D eigenvalue weighted by atomic mass is 10.1. The normalized spacial score (nSPS) is 11.2. The van der Waals surface area contributed by atoms with Gasteiger partial charge < -0.3 is 5.73 Å². The Morgan fingerprint density at radius 2 is 2.31 bits per heavy atom. The van der Waals surface area contributed by atoms with Crippen LogP contribution in [0.5, 0.6) is 0 Å². The van der Waals surface area contributed by atoms with Crippen molar-refractivity contribution in [1.29, 1.82) is 0 Å². The van der Waals surface area contributed by atoms with Gasteiger partial charge in [-0.1, -0.05) is 13.8 Å². The summed E-state index contributed by atoms with van der Waals surface area (Å²) in [5.74, 6) is 0.478. The fourth-order valence-corrected chi connectivity index (χ4v) is 2.40. The number of nitrogens with two attached hydrogens (primary N) is 1. The predicted octanol–water partition coefficient (Wildman–Crippen LogP) is 2.69. The minimum atomic E-state index is 0.478. The van der Waals surface area contributed by atoms with E-state index in [1.54, 1.807) is 11.3 Å². The van der Waals surface area contributed by atoms with E-state index in [1.165, 1.54) is 11.3 Å². The molecule has 0 aliphatic rings. The van der Waals surface area contributed by atoms with Gasteiger partial charge in [-0.05, 0) is 23.4 Å². The molecule has 2 N–H and O–H groups in total. The van der Waals surface area contributed by atoms with E-state index in [4.69, 9.17) is 5.73 Å². The molecule has 0 aliphatic carbocycles. The lowest BCUT2D eigenvalue weighted by molar-refractivity contribution is 0.576. The van der Waals surface area contributed by atoms with Crippen LogP contribution in [0.1, 0.15) is 25.5 Å². The monoisotopic (exact) mass is 235 g/mol. The summed E-state index contributed by atoms with van der Waals surface area (Å²) in [7, 11) is 0. The maximum atomic E-state index is 5.60. The topological polar surface area (TPSA) is 43.8 Å². The minimum Gasteiger partial charge on any atom is -0.329 e. The van der Waals surface area contributed by atoms with E-state index in [0.717, 1.165) is 12.2 Å². The Balaban J connectivity index is 2.38. The van der Waals surface area contributed by atoms with Crippen molar-refractivity contribution in [2.75, 3.05) is 6.54 Å². The van der Waals surface area contributed by atoms with E-state index in [0.29, 0.717) is 12.5 Å². The van der Waals surface area contributed by atoms with Gasteiger partial charge in [0.05, 0.1) is 12.2 Å². The van der Waals surface area contributed by atoms with Crippen LogP contribution >= 0.6 is 11.3 Å². The molecule has 0 saturated carbocycles. The highest BCUT2D eigenvalue weighted by molar-refractivity contribution is 7.08. The number of thiophene rings is 1. The number of rotatable bonds is 4. The van der Waals surface area contributed by atoms with E-state index < -0.39 is 0 Å². The first-order valence-corrected chi connectivity index (χ1v) is 6.47. The molecule has 2 aromatic heterocycles. The van der Waals surface area contributed by atoms with Crippen molar-refractivity contribution >= 4 is 11.3 Å². The molecule has 0 saturated heterocycles. The predicted molar refractivity (Wildman–Crippen MR) is 68.7 cm³/mol. The van der Waals surface area contributed by atoms with Crippen LogP contribution in [-0.4, -0.2) is 16.3 Å². The molecular formula is C12H17N3S.